The molecule has 0 fully saturated rings. The van der Waals surface area contributed by atoms with Crippen LogP contribution in [0.25, 0.3) is 16.3 Å². The molecule has 1 aromatic heterocycles. The quantitative estimate of drug-likeness (QED) is 0.220. The summed E-state index contributed by atoms with van der Waals surface area (Å²) in [6.07, 6.45) is 13.4. The first-order valence-electron chi connectivity index (χ1n) is 13.9. The Morgan fingerprint density at radius 3 is 2.50 bits per heavy atom. The van der Waals surface area contributed by atoms with E-state index in [2.05, 4.69) is 106 Å². The number of thiazole rings is 1. The summed E-state index contributed by atoms with van der Waals surface area (Å²) >= 11 is 3.88. The molecule has 0 amide bonds. The highest BCUT2D eigenvalue weighted by atomic mass is 79.9. The van der Waals surface area contributed by atoms with Crippen LogP contribution >= 0.6 is 23.1 Å². The molecule has 1 aliphatic heterocycles. The van der Waals surface area contributed by atoms with Crippen LogP contribution in [0.4, 0.5) is 5.69 Å². The van der Waals surface area contributed by atoms with Gasteiger partial charge >= 0.3 is 0 Å². The molecule has 0 radical (unpaired) electrons. The molecular weight excluding hydrogens is 568 g/mol. The van der Waals surface area contributed by atoms with Crippen LogP contribution in [-0.2, 0) is 6.54 Å². The lowest BCUT2D eigenvalue weighted by molar-refractivity contribution is -0.669. The third-order valence-corrected chi connectivity index (χ3v) is 9.62. The topological polar surface area (TPSA) is 7.12 Å². The van der Waals surface area contributed by atoms with Crippen LogP contribution in [0.1, 0.15) is 75.9 Å². The predicted molar refractivity (Wildman–Crippen MR) is 163 cm³/mol. The Morgan fingerprint density at radius 2 is 1.74 bits per heavy atom. The van der Waals surface area contributed by atoms with Gasteiger partial charge in [-0.3, -0.25) is 0 Å². The molecule has 0 saturated carbocycles. The molecule has 5 rings (SSSR count). The molecule has 202 valence electrons. The lowest BCUT2D eigenvalue weighted by Gasteiger charge is -2.31. The van der Waals surface area contributed by atoms with E-state index >= 15 is 0 Å². The molecule has 0 saturated heterocycles. The average molecular weight is 610 g/mol. The standard InChI is InChI=1S/C33H41N2S2.BrH/c1-7-9-10-15-35-28-14-12-24(4)17-30(28)37-32(35)20-26-18-25(21-33(5,6)22-26)19-31-34(8-2)27-13-11-23(3)16-29(27)36-31;/h11-14,16-20H,7-10,15,21-22H2,1-6H3;1H/q+1;/p-1. The van der Waals surface area contributed by atoms with E-state index in [1.807, 2.05) is 23.1 Å². The number of aryl methyl sites for hydroxylation is 3. The summed E-state index contributed by atoms with van der Waals surface area (Å²) in [7, 11) is 0. The van der Waals surface area contributed by atoms with Crippen molar-refractivity contribution >= 4 is 45.1 Å². The minimum atomic E-state index is 0. The summed E-state index contributed by atoms with van der Waals surface area (Å²) in [4.78, 5) is 3.86. The highest BCUT2D eigenvalue weighted by Gasteiger charge is 2.29. The maximum atomic E-state index is 2.57. The zero-order chi connectivity index (χ0) is 26.2. The van der Waals surface area contributed by atoms with E-state index < -0.39 is 0 Å². The van der Waals surface area contributed by atoms with Gasteiger partial charge in [-0.05, 0) is 92.0 Å². The average Bonchev–Trinajstić information content (AvgIpc) is 3.33. The van der Waals surface area contributed by atoms with Crippen LogP contribution in [0, 0.1) is 19.3 Å². The number of thioether (sulfide) groups is 1. The third kappa shape index (κ3) is 6.32. The predicted octanol–water partition coefficient (Wildman–Crippen LogP) is 6.60. The summed E-state index contributed by atoms with van der Waals surface area (Å²) in [5, 5.41) is 2.75. The number of nitrogens with zero attached hydrogens (tertiary/aromatic N) is 2. The molecule has 0 unspecified atom stereocenters. The smallest absolute Gasteiger partial charge is 0.263 e. The number of halogens is 1. The van der Waals surface area contributed by atoms with Crippen LogP contribution in [-0.4, -0.2) is 6.54 Å². The van der Waals surface area contributed by atoms with Crippen LogP contribution in [0.5, 0.6) is 0 Å². The molecule has 2 nitrogen and oxygen atoms in total. The number of hydrogen-bond acceptors (Lipinski definition) is 3. The Labute approximate surface area is 248 Å². The van der Waals surface area contributed by atoms with Gasteiger partial charge in [0.05, 0.1) is 10.7 Å². The Bertz CT molecular complexity index is 1410. The Morgan fingerprint density at radius 1 is 0.974 bits per heavy atom. The second-order valence-corrected chi connectivity index (χ2v) is 13.7. The van der Waals surface area contributed by atoms with Gasteiger partial charge in [0, 0.05) is 30.0 Å². The number of benzene rings is 2. The molecule has 38 heavy (non-hydrogen) atoms. The van der Waals surface area contributed by atoms with E-state index in [4.69, 9.17) is 0 Å². The van der Waals surface area contributed by atoms with Gasteiger partial charge in [0.1, 0.15) is 4.70 Å². The van der Waals surface area contributed by atoms with Gasteiger partial charge in [-0.25, -0.2) is 0 Å². The number of aromatic nitrogens is 1. The Balaban J connectivity index is 0.00000336. The third-order valence-electron chi connectivity index (χ3n) is 7.43. The number of unbranched alkanes of at least 4 members (excludes halogenated alkanes) is 2. The maximum absolute atomic E-state index is 2.57. The molecule has 0 bridgehead atoms. The molecule has 3 aromatic rings. The van der Waals surface area contributed by atoms with Crippen LogP contribution in [0.2, 0.25) is 0 Å². The van der Waals surface area contributed by atoms with E-state index in [9.17, 15) is 0 Å². The zero-order valence-electron chi connectivity index (χ0n) is 23.7. The molecule has 0 N–H and O–H groups in total. The van der Waals surface area contributed by atoms with Gasteiger partial charge in [0.15, 0.2) is 6.54 Å². The first-order valence-corrected chi connectivity index (χ1v) is 15.5. The van der Waals surface area contributed by atoms with Crippen LogP contribution < -0.4 is 26.4 Å². The fourth-order valence-corrected chi connectivity index (χ4v) is 8.29. The lowest BCUT2D eigenvalue weighted by atomic mass is 9.75. The molecular formula is C33H41BrN2S2. The second kappa shape index (κ2) is 12.1. The molecule has 2 heterocycles. The van der Waals surface area contributed by atoms with E-state index in [0.717, 1.165) is 25.9 Å². The second-order valence-electron chi connectivity index (χ2n) is 11.5. The first-order chi connectivity index (χ1) is 17.8. The monoisotopic (exact) mass is 608 g/mol. The number of anilines is 1. The zero-order valence-corrected chi connectivity index (χ0v) is 27.0. The van der Waals surface area contributed by atoms with Crippen molar-refractivity contribution in [3.05, 3.63) is 80.9 Å². The highest BCUT2D eigenvalue weighted by Crippen LogP contribution is 2.48. The molecule has 1 aliphatic carbocycles. The van der Waals surface area contributed by atoms with Gasteiger partial charge in [-0.1, -0.05) is 68.5 Å². The van der Waals surface area contributed by atoms with Crippen LogP contribution in [0.3, 0.4) is 0 Å². The molecule has 2 aromatic carbocycles. The number of rotatable bonds is 7. The fourth-order valence-electron chi connectivity index (χ4n) is 5.73. The van der Waals surface area contributed by atoms with E-state index in [0.29, 0.717) is 0 Å². The van der Waals surface area contributed by atoms with Gasteiger partial charge in [0.25, 0.3) is 5.01 Å². The van der Waals surface area contributed by atoms with Crippen molar-refractivity contribution in [2.45, 2.75) is 85.1 Å². The summed E-state index contributed by atoms with van der Waals surface area (Å²) in [6, 6.07) is 13.8. The van der Waals surface area contributed by atoms with Crippen molar-refractivity contribution in [3.63, 3.8) is 0 Å². The first kappa shape index (κ1) is 29.2. The Hall–Kier alpha value is -1.82. The summed E-state index contributed by atoms with van der Waals surface area (Å²) in [5.41, 5.74) is 8.55. The highest BCUT2D eigenvalue weighted by molar-refractivity contribution is 8.03. The van der Waals surface area contributed by atoms with Gasteiger partial charge in [0.2, 0.25) is 5.52 Å². The minimum Gasteiger partial charge on any atom is -1.00 e. The molecule has 2 aliphatic rings. The van der Waals surface area contributed by atoms with E-state index in [-0.39, 0.29) is 22.4 Å². The van der Waals surface area contributed by atoms with Crippen molar-refractivity contribution in [1.82, 2.24) is 0 Å². The van der Waals surface area contributed by atoms with Gasteiger partial charge < -0.3 is 21.9 Å². The van der Waals surface area contributed by atoms with Crippen molar-refractivity contribution in [2.75, 3.05) is 11.4 Å². The fraction of sp³-hybridized carbons (Fsp3) is 0.424. The van der Waals surface area contributed by atoms with E-state index in [1.54, 1.807) is 0 Å². The van der Waals surface area contributed by atoms with Crippen molar-refractivity contribution in [3.8, 4) is 0 Å². The lowest BCUT2D eigenvalue weighted by Crippen LogP contribution is -3.00. The van der Waals surface area contributed by atoms with Crippen molar-refractivity contribution < 1.29 is 21.5 Å². The summed E-state index contributed by atoms with van der Waals surface area (Å²) in [6.45, 7) is 15.9. The summed E-state index contributed by atoms with van der Waals surface area (Å²) < 4.78 is 3.97. The molecule has 5 heteroatoms. The van der Waals surface area contributed by atoms with E-state index in [1.165, 1.54) is 72.4 Å². The normalized spacial score (nSPS) is 18.7. The molecule has 0 spiro atoms. The number of fused-ring (bicyclic) bond motifs is 2. The molecule has 0 atom stereocenters. The number of allylic oxidation sites excluding steroid dienone is 4. The Kier molecular flexibility index (Phi) is 9.32. The minimum absolute atomic E-state index is 0. The van der Waals surface area contributed by atoms with Gasteiger partial charge in [-0.2, -0.15) is 4.57 Å². The summed E-state index contributed by atoms with van der Waals surface area (Å²) in [5.74, 6) is 0. The maximum Gasteiger partial charge on any atom is 0.263 e. The van der Waals surface area contributed by atoms with Gasteiger partial charge in [-0.15, -0.1) is 0 Å². The number of hydrogen-bond donors (Lipinski definition) is 0. The van der Waals surface area contributed by atoms with Crippen molar-refractivity contribution in [2.24, 2.45) is 5.41 Å². The largest absolute Gasteiger partial charge is 1.00 e. The van der Waals surface area contributed by atoms with Crippen molar-refractivity contribution in [1.29, 1.82) is 0 Å². The van der Waals surface area contributed by atoms with Crippen LogP contribution in [0.15, 0.2) is 69.6 Å². The SMILES string of the molecule is CCCCC[n+]1c(C=C2C=C(C=C3Sc4cc(C)ccc4N3CC)CC(C)(C)C2)sc2cc(C)ccc21.[Br-].